The van der Waals surface area contributed by atoms with Crippen LogP contribution in [0.15, 0.2) is 24.3 Å². The van der Waals surface area contributed by atoms with Crippen LogP contribution in [0.4, 0.5) is 5.69 Å². The molecule has 20 heavy (non-hydrogen) atoms. The number of nitrogens with one attached hydrogen (secondary N) is 1. The van der Waals surface area contributed by atoms with E-state index in [0.717, 1.165) is 37.1 Å². The van der Waals surface area contributed by atoms with Gasteiger partial charge < -0.3 is 14.8 Å². The van der Waals surface area contributed by atoms with Gasteiger partial charge in [0, 0.05) is 12.3 Å². The summed E-state index contributed by atoms with van der Waals surface area (Å²) < 4.78 is 11.3. The maximum absolute atomic E-state index is 11.9. The summed E-state index contributed by atoms with van der Waals surface area (Å²) in [4.78, 5) is 11.9. The lowest BCUT2D eigenvalue weighted by Gasteiger charge is -2.14. The van der Waals surface area contributed by atoms with Gasteiger partial charge in [-0.2, -0.15) is 0 Å². The number of ether oxygens (including phenoxy) is 2. The van der Waals surface area contributed by atoms with E-state index in [-0.39, 0.29) is 12.0 Å². The van der Waals surface area contributed by atoms with Crippen molar-refractivity contribution in [1.29, 1.82) is 0 Å². The monoisotopic (exact) mass is 275 g/mol. The molecule has 1 amide bonds. The number of carbonyl (C=O) groups excluding carboxylic acids is 1. The number of rotatable bonds is 4. The predicted molar refractivity (Wildman–Crippen MR) is 76.9 cm³/mol. The maximum Gasteiger partial charge on any atom is 0.253 e. The van der Waals surface area contributed by atoms with Crippen molar-refractivity contribution in [3.05, 3.63) is 24.3 Å². The lowest BCUT2D eigenvalue weighted by molar-refractivity contribution is -0.124. The Labute approximate surface area is 119 Å². The Morgan fingerprint density at radius 1 is 1.10 bits per heavy atom. The van der Waals surface area contributed by atoms with E-state index in [2.05, 4.69) is 5.32 Å². The minimum absolute atomic E-state index is 0.0491. The van der Waals surface area contributed by atoms with E-state index >= 15 is 0 Å². The molecule has 1 aromatic rings. The van der Waals surface area contributed by atoms with Crippen LogP contribution in [-0.2, 0) is 9.53 Å². The second kappa shape index (κ2) is 6.27. The molecule has 1 aliphatic carbocycles. The molecule has 1 saturated carbocycles. The van der Waals surface area contributed by atoms with Crippen molar-refractivity contribution in [3.8, 4) is 5.75 Å². The van der Waals surface area contributed by atoms with Gasteiger partial charge in [0.25, 0.3) is 5.91 Å². The number of carbonyl (C=O) groups is 1. The summed E-state index contributed by atoms with van der Waals surface area (Å²) in [5, 5.41) is 2.89. The molecule has 0 bridgehead atoms. The molecule has 0 spiro atoms. The number of hydrogen-bond donors (Lipinski definition) is 1. The van der Waals surface area contributed by atoms with Crippen LogP contribution in [-0.4, -0.2) is 24.7 Å². The van der Waals surface area contributed by atoms with Crippen molar-refractivity contribution < 1.29 is 14.3 Å². The minimum Gasteiger partial charge on any atom is -0.490 e. The second-order valence-corrected chi connectivity index (χ2v) is 5.54. The van der Waals surface area contributed by atoms with Crippen molar-refractivity contribution in [2.75, 3.05) is 11.9 Å². The van der Waals surface area contributed by atoms with Gasteiger partial charge in [-0.3, -0.25) is 4.79 Å². The number of benzene rings is 1. The first-order chi connectivity index (χ1) is 9.81. The zero-order chi connectivity index (χ0) is 13.8. The molecule has 1 aromatic carbocycles. The zero-order valence-corrected chi connectivity index (χ0v) is 11.6. The zero-order valence-electron chi connectivity index (χ0n) is 11.6. The van der Waals surface area contributed by atoms with Gasteiger partial charge in [-0.25, -0.2) is 0 Å². The van der Waals surface area contributed by atoms with Crippen LogP contribution in [0.1, 0.15) is 38.5 Å². The smallest absolute Gasteiger partial charge is 0.253 e. The number of hydrogen-bond acceptors (Lipinski definition) is 3. The molecule has 0 unspecified atom stereocenters. The molecule has 1 atom stereocenters. The van der Waals surface area contributed by atoms with Crippen molar-refractivity contribution in [3.63, 3.8) is 0 Å². The summed E-state index contributed by atoms with van der Waals surface area (Å²) >= 11 is 0. The largest absolute Gasteiger partial charge is 0.490 e. The first kappa shape index (κ1) is 13.4. The molecule has 0 radical (unpaired) electrons. The van der Waals surface area contributed by atoms with Crippen LogP contribution in [0.2, 0.25) is 0 Å². The first-order valence-corrected chi connectivity index (χ1v) is 7.50. The average Bonchev–Trinajstić information content (AvgIpc) is 3.13. The van der Waals surface area contributed by atoms with Gasteiger partial charge >= 0.3 is 0 Å². The summed E-state index contributed by atoms with van der Waals surface area (Å²) in [5.41, 5.74) is 0.796. The van der Waals surface area contributed by atoms with E-state index in [0.29, 0.717) is 12.7 Å². The Bertz CT molecular complexity index is 445. The van der Waals surface area contributed by atoms with Gasteiger partial charge in [-0.1, -0.05) is 0 Å². The van der Waals surface area contributed by atoms with Crippen LogP contribution in [0.25, 0.3) is 0 Å². The van der Waals surface area contributed by atoms with Crippen molar-refractivity contribution in [2.24, 2.45) is 0 Å². The summed E-state index contributed by atoms with van der Waals surface area (Å²) in [7, 11) is 0. The lowest BCUT2D eigenvalue weighted by Crippen LogP contribution is -2.26. The van der Waals surface area contributed by atoms with Crippen LogP contribution < -0.4 is 10.1 Å². The molecule has 0 aromatic heterocycles. The van der Waals surface area contributed by atoms with E-state index in [9.17, 15) is 4.79 Å². The Hall–Kier alpha value is -1.55. The fourth-order valence-electron chi connectivity index (χ4n) is 2.82. The Morgan fingerprint density at radius 3 is 2.50 bits per heavy atom. The standard InChI is InChI=1S/C16H21NO3/c18-16(15-6-3-11-19-15)17-12-7-9-14(10-8-12)20-13-4-1-2-5-13/h7-10,13,15H,1-6,11H2,(H,17,18)/t15-/m1/s1. The highest BCUT2D eigenvalue weighted by molar-refractivity contribution is 5.94. The van der Waals surface area contributed by atoms with E-state index in [1.165, 1.54) is 12.8 Å². The summed E-state index contributed by atoms with van der Waals surface area (Å²) in [6.45, 7) is 0.687. The third kappa shape index (κ3) is 3.31. The van der Waals surface area contributed by atoms with Gasteiger partial charge in [0.2, 0.25) is 0 Å². The van der Waals surface area contributed by atoms with Crippen LogP contribution >= 0.6 is 0 Å². The summed E-state index contributed by atoms with van der Waals surface area (Å²) in [6, 6.07) is 7.61. The van der Waals surface area contributed by atoms with Crippen molar-refractivity contribution >= 4 is 11.6 Å². The minimum atomic E-state index is -0.288. The molecular formula is C16H21NO3. The molecule has 3 rings (SSSR count). The highest BCUT2D eigenvalue weighted by Gasteiger charge is 2.23. The predicted octanol–water partition coefficient (Wildman–Crippen LogP) is 3.13. The molecule has 108 valence electrons. The Morgan fingerprint density at radius 2 is 1.85 bits per heavy atom. The molecule has 4 heteroatoms. The second-order valence-electron chi connectivity index (χ2n) is 5.54. The van der Waals surface area contributed by atoms with Gasteiger partial charge in [0.1, 0.15) is 11.9 Å². The van der Waals surface area contributed by atoms with Crippen LogP contribution in [0.5, 0.6) is 5.75 Å². The molecule has 2 fully saturated rings. The summed E-state index contributed by atoms with van der Waals surface area (Å²) in [5.74, 6) is 0.832. The maximum atomic E-state index is 11.9. The Balaban J connectivity index is 1.53. The van der Waals surface area contributed by atoms with Gasteiger partial charge in [-0.05, 0) is 62.8 Å². The lowest BCUT2D eigenvalue weighted by atomic mass is 10.2. The summed E-state index contributed by atoms with van der Waals surface area (Å²) in [6.07, 6.45) is 6.68. The van der Waals surface area contributed by atoms with Crippen LogP contribution in [0, 0.1) is 0 Å². The molecule has 4 nitrogen and oxygen atoms in total. The quantitative estimate of drug-likeness (QED) is 0.918. The van der Waals surface area contributed by atoms with Crippen molar-refractivity contribution in [1.82, 2.24) is 0 Å². The SMILES string of the molecule is O=C(Nc1ccc(OC2CCCC2)cc1)[C@H]1CCCO1. The van der Waals surface area contributed by atoms with E-state index < -0.39 is 0 Å². The van der Waals surface area contributed by atoms with Gasteiger partial charge in [-0.15, -0.1) is 0 Å². The fourth-order valence-corrected chi connectivity index (χ4v) is 2.82. The number of amides is 1. The molecular weight excluding hydrogens is 254 g/mol. The highest BCUT2D eigenvalue weighted by atomic mass is 16.5. The molecule has 2 aliphatic rings. The molecule has 1 N–H and O–H groups in total. The van der Waals surface area contributed by atoms with Gasteiger partial charge in [0.05, 0.1) is 6.10 Å². The molecule has 1 saturated heterocycles. The van der Waals surface area contributed by atoms with Crippen molar-refractivity contribution in [2.45, 2.75) is 50.7 Å². The molecule has 1 aliphatic heterocycles. The van der Waals surface area contributed by atoms with Crippen LogP contribution in [0.3, 0.4) is 0 Å². The topological polar surface area (TPSA) is 47.6 Å². The molecule has 1 heterocycles. The van der Waals surface area contributed by atoms with E-state index in [1.807, 2.05) is 24.3 Å². The highest BCUT2D eigenvalue weighted by Crippen LogP contribution is 2.25. The van der Waals surface area contributed by atoms with E-state index in [4.69, 9.17) is 9.47 Å². The third-order valence-electron chi connectivity index (χ3n) is 3.95. The Kier molecular flexibility index (Phi) is 4.21. The fraction of sp³-hybridized carbons (Fsp3) is 0.562. The number of anilines is 1. The van der Waals surface area contributed by atoms with E-state index in [1.54, 1.807) is 0 Å². The average molecular weight is 275 g/mol. The first-order valence-electron chi connectivity index (χ1n) is 7.50. The normalized spacial score (nSPS) is 22.9. The third-order valence-corrected chi connectivity index (χ3v) is 3.95. The van der Waals surface area contributed by atoms with Gasteiger partial charge in [0.15, 0.2) is 0 Å².